The van der Waals surface area contributed by atoms with Crippen molar-refractivity contribution in [1.29, 1.82) is 0 Å². The van der Waals surface area contributed by atoms with E-state index in [0.29, 0.717) is 13.0 Å². The summed E-state index contributed by atoms with van der Waals surface area (Å²) in [5.41, 5.74) is 0. The SMILES string of the molecule is O=C(O)CSCC(=O)NC1CCOC1=O. The predicted molar refractivity (Wildman–Crippen MR) is 52.5 cm³/mol. The number of hydrogen-bond donors (Lipinski definition) is 2. The molecule has 1 saturated heterocycles. The van der Waals surface area contributed by atoms with Gasteiger partial charge in [0.05, 0.1) is 18.1 Å². The van der Waals surface area contributed by atoms with Gasteiger partial charge in [0.25, 0.3) is 0 Å². The van der Waals surface area contributed by atoms with Crippen molar-refractivity contribution in [3.05, 3.63) is 0 Å². The third kappa shape index (κ3) is 4.20. The van der Waals surface area contributed by atoms with Gasteiger partial charge < -0.3 is 15.2 Å². The fourth-order valence-corrected chi connectivity index (χ4v) is 1.64. The summed E-state index contributed by atoms with van der Waals surface area (Å²) in [4.78, 5) is 32.3. The predicted octanol–water partition coefficient (Wildman–Crippen LogP) is -0.764. The molecule has 0 spiro atoms. The van der Waals surface area contributed by atoms with Crippen LogP contribution < -0.4 is 5.32 Å². The standard InChI is InChI=1S/C8H11NO5S/c10-6(3-15-4-7(11)12)9-5-1-2-14-8(5)13/h5H,1-4H2,(H,9,10)(H,11,12). The first kappa shape index (κ1) is 11.8. The van der Waals surface area contributed by atoms with Crippen LogP contribution in [-0.2, 0) is 19.1 Å². The summed E-state index contributed by atoms with van der Waals surface area (Å²) in [7, 11) is 0. The van der Waals surface area contributed by atoms with E-state index in [1.54, 1.807) is 0 Å². The molecule has 1 unspecified atom stereocenters. The molecule has 0 aliphatic carbocycles. The summed E-state index contributed by atoms with van der Waals surface area (Å²) in [6, 6.07) is -0.567. The van der Waals surface area contributed by atoms with Crippen LogP contribution in [0.3, 0.4) is 0 Å². The van der Waals surface area contributed by atoms with Crippen molar-refractivity contribution >= 4 is 29.6 Å². The Morgan fingerprint density at radius 2 is 2.27 bits per heavy atom. The zero-order chi connectivity index (χ0) is 11.3. The molecular weight excluding hydrogens is 222 g/mol. The number of thioether (sulfide) groups is 1. The summed E-state index contributed by atoms with van der Waals surface area (Å²) in [5.74, 6) is -1.82. The van der Waals surface area contributed by atoms with E-state index < -0.39 is 18.0 Å². The summed E-state index contributed by atoms with van der Waals surface area (Å²) >= 11 is 0.990. The fourth-order valence-electron chi connectivity index (χ4n) is 1.09. The summed E-state index contributed by atoms with van der Waals surface area (Å²) in [5, 5.41) is 10.8. The number of carboxylic acids is 1. The maximum Gasteiger partial charge on any atom is 0.328 e. The lowest BCUT2D eigenvalue weighted by Gasteiger charge is -2.07. The second-order valence-electron chi connectivity index (χ2n) is 2.96. The first-order chi connectivity index (χ1) is 7.09. The fraction of sp³-hybridized carbons (Fsp3) is 0.625. The van der Waals surface area contributed by atoms with E-state index in [0.717, 1.165) is 11.8 Å². The number of esters is 1. The van der Waals surface area contributed by atoms with Crippen molar-refractivity contribution in [2.45, 2.75) is 12.5 Å². The van der Waals surface area contributed by atoms with Crippen LogP contribution in [0.25, 0.3) is 0 Å². The van der Waals surface area contributed by atoms with Crippen molar-refractivity contribution in [3.63, 3.8) is 0 Å². The number of hydrogen-bond acceptors (Lipinski definition) is 5. The maximum absolute atomic E-state index is 11.2. The van der Waals surface area contributed by atoms with Gasteiger partial charge in [-0.05, 0) is 0 Å². The van der Waals surface area contributed by atoms with Crippen LogP contribution in [0.5, 0.6) is 0 Å². The normalized spacial score (nSPS) is 19.7. The van der Waals surface area contributed by atoms with Gasteiger partial charge in [-0.1, -0.05) is 0 Å². The first-order valence-corrected chi connectivity index (χ1v) is 5.50. The number of rotatable bonds is 5. The quantitative estimate of drug-likeness (QED) is 0.606. The Balaban J connectivity index is 2.18. The van der Waals surface area contributed by atoms with E-state index in [-0.39, 0.29) is 17.4 Å². The average molecular weight is 233 g/mol. The Labute approximate surface area is 90.4 Å². The molecule has 1 amide bonds. The summed E-state index contributed by atoms with van der Waals surface area (Å²) in [6.45, 7) is 0.325. The maximum atomic E-state index is 11.2. The molecule has 1 fully saturated rings. The molecule has 6 nitrogen and oxygen atoms in total. The van der Waals surface area contributed by atoms with Crippen molar-refractivity contribution in [2.75, 3.05) is 18.1 Å². The number of carbonyl (C=O) groups excluding carboxylic acids is 2. The smallest absolute Gasteiger partial charge is 0.328 e. The van der Waals surface area contributed by atoms with Crippen LogP contribution in [0.2, 0.25) is 0 Å². The highest BCUT2D eigenvalue weighted by Crippen LogP contribution is 2.06. The van der Waals surface area contributed by atoms with E-state index in [1.165, 1.54) is 0 Å². The van der Waals surface area contributed by atoms with Crippen molar-refractivity contribution in [2.24, 2.45) is 0 Å². The van der Waals surface area contributed by atoms with Gasteiger partial charge in [-0.2, -0.15) is 0 Å². The molecule has 1 rings (SSSR count). The van der Waals surface area contributed by atoms with E-state index >= 15 is 0 Å². The van der Waals surface area contributed by atoms with Gasteiger partial charge in [-0.15, -0.1) is 11.8 Å². The highest BCUT2D eigenvalue weighted by molar-refractivity contribution is 8.00. The Hall–Kier alpha value is -1.24. The van der Waals surface area contributed by atoms with Gasteiger partial charge in [0.15, 0.2) is 0 Å². The lowest BCUT2D eigenvalue weighted by atomic mass is 10.2. The summed E-state index contributed by atoms with van der Waals surface area (Å²) in [6.07, 6.45) is 0.480. The number of cyclic esters (lactones) is 1. The Kier molecular flexibility index (Phi) is 4.41. The minimum atomic E-state index is -0.965. The molecule has 1 aliphatic rings. The lowest BCUT2D eigenvalue weighted by Crippen LogP contribution is -2.39. The largest absolute Gasteiger partial charge is 0.481 e. The van der Waals surface area contributed by atoms with Gasteiger partial charge in [-0.3, -0.25) is 9.59 Å². The van der Waals surface area contributed by atoms with Gasteiger partial charge in [-0.25, -0.2) is 4.79 Å². The van der Waals surface area contributed by atoms with Crippen LogP contribution in [0.15, 0.2) is 0 Å². The molecule has 0 aromatic rings. The number of amides is 1. The highest BCUT2D eigenvalue weighted by Gasteiger charge is 2.27. The lowest BCUT2D eigenvalue weighted by molar-refractivity contribution is -0.141. The van der Waals surface area contributed by atoms with Gasteiger partial charge in [0.2, 0.25) is 5.91 Å². The van der Waals surface area contributed by atoms with E-state index in [2.05, 4.69) is 10.1 Å². The van der Waals surface area contributed by atoms with Crippen LogP contribution >= 0.6 is 11.8 Å². The Morgan fingerprint density at radius 3 is 2.80 bits per heavy atom. The molecule has 1 atom stereocenters. The minimum Gasteiger partial charge on any atom is -0.481 e. The van der Waals surface area contributed by atoms with Crippen molar-refractivity contribution in [1.82, 2.24) is 5.32 Å². The van der Waals surface area contributed by atoms with E-state index in [4.69, 9.17) is 5.11 Å². The number of nitrogens with one attached hydrogen (secondary N) is 1. The average Bonchev–Trinajstić information content (AvgIpc) is 2.51. The molecule has 0 aromatic heterocycles. The Morgan fingerprint density at radius 1 is 1.53 bits per heavy atom. The zero-order valence-electron chi connectivity index (χ0n) is 7.89. The molecule has 15 heavy (non-hydrogen) atoms. The molecule has 0 aromatic carbocycles. The first-order valence-electron chi connectivity index (χ1n) is 4.35. The third-order valence-corrected chi connectivity index (χ3v) is 2.65. The summed E-state index contributed by atoms with van der Waals surface area (Å²) < 4.78 is 4.65. The molecule has 84 valence electrons. The third-order valence-electron chi connectivity index (χ3n) is 1.73. The van der Waals surface area contributed by atoms with Crippen molar-refractivity contribution < 1.29 is 24.2 Å². The van der Waals surface area contributed by atoms with E-state index in [1.807, 2.05) is 0 Å². The monoisotopic (exact) mass is 233 g/mol. The van der Waals surface area contributed by atoms with Crippen LogP contribution in [0, 0.1) is 0 Å². The molecule has 0 bridgehead atoms. The molecular formula is C8H11NO5S. The van der Waals surface area contributed by atoms with Gasteiger partial charge in [0, 0.05) is 6.42 Å². The number of carboxylic acid groups (broad SMARTS) is 1. The topological polar surface area (TPSA) is 92.7 Å². The van der Waals surface area contributed by atoms with Gasteiger partial charge >= 0.3 is 11.9 Å². The zero-order valence-corrected chi connectivity index (χ0v) is 8.71. The van der Waals surface area contributed by atoms with E-state index in [9.17, 15) is 14.4 Å². The molecule has 0 radical (unpaired) electrons. The van der Waals surface area contributed by atoms with Crippen LogP contribution in [0.4, 0.5) is 0 Å². The molecule has 1 heterocycles. The van der Waals surface area contributed by atoms with Crippen LogP contribution in [0.1, 0.15) is 6.42 Å². The number of aliphatic carboxylic acids is 1. The minimum absolute atomic E-state index is 0.0378. The molecule has 7 heteroatoms. The van der Waals surface area contributed by atoms with Gasteiger partial charge in [0.1, 0.15) is 6.04 Å². The van der Waals surface area contributed by atoms with Crippen LogP contribution in [-0.4, -0.2) is 47.1 Å². The second-order valence-corrected chi connectivity index (χ2v) is 3.95. The highest BCUT2D eigenvalue weighted by atomic mass is 32.2. The number of carbonyl (C=O) groups is 3. The molecule has 2 N–H and O–H groups in total. The van der Waals surface area contributed by atoms with Crippen molar-refractivity contribution in [3.8, 4) is 0 Å². The molecule has 0 saturated carbocycles. The Bertz CT molecular complexity index is 280. The molecule has 1 aliphatic heterocycles. The second kappa shape index (κ2) is 5.59. The number of ether oxygens (including phenoxy) is 1.